The lowest BCUT2D eigenvalue weighted by Gasteiger charge is -2.12. The van der Waals surface area contributed by atoms with Crippen molar-refractivity contribution in [2.75, 3.05) is 13.1 Å². The smallest absolute Gasteiger partial charge is 0.275 e. The summed E-state index contributed by atoms with van der Waals surface area (Å²) in [6.45, 7) is 4.02. The molecule has 0 spiro atoms. The number of H-pyrrole nitrogens is 2. The van der Waals surface area contributed by atoms with Crippen LogP contribution in [-0.4, -0.2) is 39.4 Å². The Bertz CT molecular complexity index is 997. The van der Waals surface area contributed by atoms with Gasteiger partial charge in [-0.05, 0) is 43.7 Å². The summed E-state index contributed by atoms with van der Waals surface area (Å²) < 4.78 is 0. The van der Waals surface area contributed by atoms with Crippen molar-refractivity contribution in [3.05, 3.63) is 45.3 Å². The van der Waals surface area contributed by atoms with Crippen molar-refractivity contribution in [1.82, 2.24) is 30.8 Å². The molecule has 2 aromatic heterocycles. The number of nitrogens with one attached hydrogen (secondary N) is 4. The summed E-state index contributed by atoms with van der Waals surface area (Å²) in [4.78, 5) is 20.0. The number of aromatic amines is 2. The quantitative estimate of drug-likeness (QED) is 0.488. The Morgan fingerprint density at radius 2 is 2.22 bits per heavy atom. The zero-order valence-electron chi connectivity index (χ0n) is 15.2. The van der Waals surface area contributed by atoms with Gasteiger partial charge in [-0.1, -0.05) is 24.9 Å². The topological polar surface area (TPSA) is 98.5 Å². The molecule has 0 aliphatic carbocycles. The number of unbranched alkanes of at least 4 members (excludes halogenated alkanes) is 1. The van der Waals surface area contributed by atoms with E-state index in [2.05, 4.69) is 37.7 Å². The molecule has 0 bridgehead atoms. The highest BCUT2D eigenvalue weighted by molar-refractivity contribution is 6.31. The van der Waals surface area contributed by atoms with Gasteiger partial charge in [0.2, 0.25) is 0 Å². The van der Waals surface area contributed by atoms with E-state index in [1.807, 2.05) is 12.1 Å². The van der Waals surface area contributed by atoms with Crippen LogP contribution in [-0.2, 0) is 0 Å². The maximum absolute atomic E-state index is 12.3. The molecule has 3 aromatic rings. The normalized spacial score (nSPS) is 19.8. The van der Waals surface area contributed by atoms with E-state index in [0.717, 1.165) is 36.2 Å². The van der Waals surface area contributed by atoms with Gasteiger partial charge in [-0.2, -0.15) is 5.10 Å². The van der Waals surface area contributed by atoms with Crippen LogP contribution in [0.5, 0.6) is 0 Å². The molecule has 4 N–H and O–H groups in total. The first-order valence-electron chi connectivity index (χ1n) is 9.36. The lowest BCUT2D eigenvalue weighted by atomic mass is 10.0. The van der Waals surface area contributed by atoms with Gasteiger partial charge in [0.1, 0.15) is 5.82 Å². The molecular formula is C19H23ClN6O. The lowest BCUT2D eigenvalue weighted by molar-refractivity contribution is 0.471. The van der Waals surface area contributed by atoms with Crippen LogP contribution in [0.4, 0.5) is 0 Å². The second-order valence-electron chi connectivity index (χ2n) is 6.98. The van der Waals surface area contributed by atoms with E-state index in [1.165, 1.54) is 12.8 Å². The first-order chi connectivity index (χ1) is 13.1. The zero-order valence-corrected chi connectivity index (χ0v) is 15.9. The molecule has 7 nitrogen and oxygen atoms in total. The van der Waals surface area contributed by atoms with Gasteiger partial charge in [0.25, 0.3) is 5.56 Å². The van der Waals surface area contributed by atoms with E-state index in [-0.39, 0.29) is 17.6 Å². The second-order valence-corrected chi connectivity index (χ2v) is 7.42. The van der Waals surface area contributed by atoms with Crippen LogP contribution in [0.1, 0.15) is 37.8 Å². The highest BCUT2D eigenvalue weighted by Gasteiger charge is 2.27. The fourth-order valence-corrected chi connectivity index (χ4v) is 3.66. The summed E-state index contributed by atoms with van der Waals surface area (Å²) in [5.74, 6) is 0.777. The fraction of sp³-hybridized carbons (Fsp3) is 0.421. The Morgan fingerprint density at radius 3 is 3.07 bits per heavy atom. The van der Waals surface area contributed by atoms with Gasteiger partial charge in [0.15, 0.2) is 0 Å². The minimum Gasteiger partial charge on any atom is -0.338 e. The van der Waals surface area contributed by atoms with E-state index in [9.17, 15) is 4.79 Å². The fourth-order valence-electron chi connectivity index (χ4n) is 3.49. The highest BCUT2D eigenvalue weighted by Crippen LogP contribution is 2.26. The van der Waals surface area contributed by atoms with Gasteiger partial charge < -0.3 is 15.6 Å². The minimum atomic E-state index is -0.257. The summed E-state index contributed by atoms with van der Waals surface area (Å²) in [6.07, 6.45) is 3.57. The first-order valence-corrected chi connectivity index (χ1v) is 9.74. The van der Waals surface area contributed by atoms with Gasteiger partial charge in [-0.15, -0.1) is 0 Å². The van der Waals surface area contributed by atoms with Gasteiger partial charge in [0, 0.05) is 17.5 Å². The van der Waals surface area contributed by atoms with Crippen molar-refractivity contribution in [3.63, 3.8) is 0 Å². The number of hydrogen-bond acceptors (Lipinski definition) is 5. The molecule has 8 heteroatoms. The highest BCUT2D eigenvalue weighted by atomic mass is 35.5. The Kier molecular flexibility index (Phi) is 5.24. The zero-order chi connectivity index (χ0) is 18.8. The number of nitrogens with zero attached hydrogens (tertiary/aromatic N) is 2. The van der Waals surface area contributed by atoms with Gasteiger partial charge in [0.05, 0.1) is 28.5 Å². The van der Waals surface area contributed by atoms with Crippen LogP contribution < -0.4 is 16.2 Å². The maximum Gasteiger partial charge on any atom is 0.275 e. The van der Waals surface area contributed by atoms with Crippen molar-refractivity contribution in [3.8, 4) is 11.4 Å². The lowest BCUT2D eigenvalue weighted by Crippen LogP contribution is -2.37. The molecular weight excluding hydrogens is 364 g/mol. The Morgan fingerprint density at radius 1 is 1.33 bits per heavy atom. The number of hydrogen-bond donors (Lipinski definition) is 4. The SMILES string of the molecule is CCCCNC1CC(c2cc(-c3nc4ccc(Cl)cc4[nH]3)c(=O)[nH]n2)CN1. The molecule has 1 aliphatic heterocycles. The standard InChI is InChI=1S/C19H23ClN6O/c1-2-3-6-21-17-7-11(10-22-17)15-9-13(19(27)26-25-15)18-23-14-5-4-12(20)8-16(14)24-18/h4-5,8-9,11,17,21-22H,2-3,6-7,10H2,1H3,(H,23,24)(H,26,27). The van der Waals surface area contributed by atoms with Crippen LogP contribution in [0.2, 0.25) is 5.02 Å². The molecule has 0 amide bonds. The summed E-state index contributed by atoms with van der Waals surface area (Å²) in [5.41, 5.74) is 2.69. The average Bonchev–Trinajstić information content (AvgIpc) is 3.29. The maximum atomic E-state index is 12.3. The predicted octanol–water partition coefficient (Wildman–Crippen LogP) is 2.76. The Hall–Kier alpha value is -2.22. The monoisotopic (exact) mass is 386 g/mol. The molecule has 3 heterocycles. The number of rotatable bonds is 6. The number of aromatic nitrogens is 4. The molecule has 1 saturated heterocycles. The van der Waals surface area contributed by atoms with Gasteiger partial charge in [-0.25, -0.2) is 10.1 Å². The van der Waals surface area contributed by atoms with Crippen LogP contribution in [0.25, 0.3) is 22.4 Å². The van der Waals surface area contributed by atoms with Crippen molar-refractivity contribution < 1.29 is 0 Å². The van der Waals surface area contributed by atoms with E-state index < -0.39 is 0 Å². The molecule has 0 radical (unpaired) electrons. The summed E-state index contributed by atoms with van der Waals surface area (Å²) in [6, 6.07) is 7.27. The molecule has 2 atom stereocenters. The van der Waals surface area contributed by atoms with Crippen LogP contribution in [0.15, 0.2) is 29.1 Å². The van der Waals surface area contributed by atoms with Crippen LogP contribution in [0.3, 0.4) is 0 Å². The van der Waals surface area contributed by atoms with E-state index >= 15 is 0 Å². The third-order valence-electron chi connectivity index (χ3n) is 4.99. The van der Waals surface area contributed by atoms with Gasteiger partial charge in [-0.3, -0.25) is 4.79 Å². The van der Waals surface area contributed by atoms with Crippen LogP contribution >= 0.6 is 11.6 Å². The van der Waals surface area contributed by atoms with Crippen molar-refractivity contribution >= 4 is 22.6 Å². The van der Waals surface area contributed by atoms with E-state index in [1.54, 1.807) is 12.1 Å². The van der Waals surface area contributed by atoms with Gasteiger partial charge >= 0.3 is 0 Å². The summed E-state index contributed by atoms with van der Waals surface area (Å²) in [7, 11) is 0. The molecule has 2 unspecified atom stereocenters. The molecule has 1 aliphatic rings. The molecule has 0 saturated carbocycles. The largest absolute Gasteiger partial charge is 0.338 e. The van der Waals surface area contributed by atoms with E-state index in [0.29, 0.717) is 16.4 Å². The summed E-state index contributed by atoms with van der Waals surface area (Å²) in [5, 5.41) is 14.5. The third-order valence-corrected chi connectivity index (χ3v) is 5.23. The molecule has 142 valence electrons. The first kappa shape index (κ1) is 18.2. The second kappa shape index (κ2) is 7.80. The van der Waals surface area contributed by atoms with E-state index in [4.69, 9.17) is 11.6 Å². The Labute approximate surface area is 161 Å². The minimum absolute atomic E-state index is 0.249. The number of fused-ring (bicyclic) bond motifs is 1. The molecule has 4 rings (SSSR count). The van der Waals surface area contributed by atoms with Crippen molar-refractivity contribution in [2.24, 2.45) is 0 Å². The Balaban J connectivity index is 1.57. The molecule has 1 fully saturated rings. The average molecular weight is 387 g/mol. The van der Waals surface area contributed by atoms with Crippen LogP contribution in [0, 0.1) is 0 Å². The third kappa shape index (κ3) is 3.90. The summed E-state index contributed by atoms with van der Waals surface area (Å²) >= 11 is 6.04. The molecule has 27 heavy (non-hydrogen) atoms. The van der Waals surface area contributed by atoms with Crippen molar-refractivity contribution in [1.29, 1.82) is 0 Å². The number of halogens is 1. The van der Waals surface area contributed by atoms with Crippen molar-refractivity contribution in [2.45, 2.75) is 38.3 Å². The molecule has 1 aromatic carbocycles. The number of imidazole rings is 1. The predicted molar refractivity (Wildman–Crippen MR) is 107 cm³/mol. The number of benzene rings is 1.